The molecule has 1 aliphatic rings. The minimum absolute atomic E-state index is 0.423. The molecule has 1 fully saturated rings. The van der Waals surface area contributed by atoms with Gasteiger partial charge >= 0.3 is 18.0 Å². The van der Waals surface area contributed by atoms with Crippen LogP contribution in [0.15, 0.2) is 30.3 Å². The molecule has 0 saturated carbocycles. The molecule has 1 aromatic carbocycles. The van der Waals surface area contributed by atoms with Crippen LogP contribution >= 0.6 is 0 Å². The van der Waals surface area contributed by atoms with Crippen molar-refractivity contribution in [1.82, 2.24) is 4.90 Å². The molecule has 1 aliphatic heterocycles. The van der Waals surface area contributed by atoms with E-state index in [0.717, 1.165) is 18.4 Å². The maximum Gasteiger partial charge on any atom is 0.412 e. The van der Waals surface area contributed by atoms with Gasteiger partial charge in [0, 0.05) is 6.54 Å². The molecule has 27 heavy (non-hydrogen) atoms. The molecule has 0 aliphatic carbocycles. The number of hydrogen-bond acceptors (Lipinski definition) is 7. The monoisotopic (exact) mass is 379 g/mol. The third-order valence-electron chi connectivity index (χ3n) is 4.51. The number of methoxy groups -OCH3 is 1. The fraction of sp³-hybridized carbons (Fsp3) is 0.526. The zero-order chi connectivity index (χ0) is 19.8. The van der Waals surface area contributed by atoms with Crippen molar-refractivity contribution in [2.45, 2.75) is 44.2 Å². The van der Waals surface area contributed by atoms with Gasteiger partial charge in [0.15, 0.2) is 0 Å². The van der Waals surface area contributed by atoms with Crippen molar-refractivity contribution in [3.05, 3.63) is 35.9 Å². The van der Waals surface area contributed by atoms with Crippen LogP contribution in [-0.4, -0.2) is 60.6 Å². The quantitative estimate of drug-likeness (QED) is 0.594. The molecule has 8 heteroatoms. The van der Waals surface area contributed by atoms with Gasteiger partial charge in [-0.05, 0) is 31.7 Å². The summed E-state index contributed by atoms with van der Waals surface area (Å²) < 4.78 is 14.6. The number of hydrogen-bond donors (Lipinski definition) is 1. The maximum atomic E-state index is 12.5. The van der Waals surface area contributed by atoms with Crippen molar-refractivity contribution in [2.75, 3.05) is 20.4 Å². The lowest BCUT2D eigenvalue weighted by molar-refractivity contribution is -0.161. The van der Waals surface area contributed by atoms with E-state index >= 15 is 0 Å². The predicted octanol–water partition coefficient (Wildman–Crippen LogP) is 1.82. The second kappa shape index (κ2) is 9.91. The largest absolute Gasteiger partial charge is 0.468 e. The second-order valence-electron chi connectivity index (χ2n) is 6.34. The van der Waals surface area contributed by atoms with Gasteiger partial charge in [0.1, 0.15) is 12.0 Å². The molecule has 148 valence electrons. The first-order valence-corrected chi connectivity index (χ1v) is 8.86. The van der Waals surface area contributed by atoms with Crippen LogP contribution < -0.4 is 0 Å². The Morgan fingerprint density at radius 1 is 1.15 bits per heavy atom. The number of amides is 1. The van der Waals surface area contributed by atoms with E-state index in [2.05, 4.69) is 4.74 Å². The fourth-order valence-corrected chi connectivity index (χ4v) is 3.17. The molecule has 1 heterocycles. The van der Waals surface area contributed by atoms with E-state index in [4.69, 9.17) is 14.6 Å². The number of rotatable bonds is 6. The van der Waals surface area contributed by atoms with Gasteiger partial charge in [-0.2, -0.15) is 0 Å². The number of piperidine rings is 1. The Kier molecular flexibility index (Phi) is 7.60. The Labute approximate surface area is 158 Å². The molecule has 1 N–H and O–H groups in total. The number of carbonyl (C=O) groups is 3. The first kappa shape index (κ1) is 20.7. The van der Waals surface area contributed by atoms with E-state index in [9.17, 15) is 14.4 Å². The third kappa shape index (κ3) is 5.43. The zero-order valence-electron chi connectivity index (χ0n) is 15.5. The molecular formula is C19H25NO7. The molecule has 1 saturated heterocycles. The summed E-state index contributed by atoms with van der Waals surface area (Å²) in [6.45, 7) is 1.08. The van der Waals surface area contributed by atoms with Crippen molar-refractivity contribution in [3.8, 4) is 0 Å². The summed E-state index contributed by atoms with van der Waals surface area (Å²) in [5, 5.41) is 9.09. The van der Waals surface area contributed by atoms with Gasteiger partial charge < -0.3 is 24.2 Å². The summed E-state index contributed by atoms with van der Waals surface area (Å²) in [7, 11) is 1.32. The lowest BCUT2D eigenvalue weighted by atomic mass is 9.85. The van der Waals surface area contributed by atoms with E-state index in [0.29, 0.717) is 13.0 Å². The lowest BCUT2D eigenvalue weighted by Crippen LogP contribution is -2.49. The Balaban J connectivity index is 2.13. The fourth-order valence-electron chi connectivity index (χ4n) is 3.17. The van der Waals surface area contributed by atoms with Crippen LogP contribution in [0.25, 0.3) is 0 Å². The molecule has 3 unspecified atom stereocenters. The first-order valence-electron chi connectivity index (χ1n) is 8.86. The van der Waals surface area contributed by atoms with Gasteiger partial charge in [0.05, 0.1) is 13.2 Å². The maximum absolute atomic E-state index is 12.5. The van der Waals surface area contributed by atoms with Gasteiger partial charge in [-0.3, -0.25) is 4.79 Å². The average molecular weight is 379 g/mol. The number of carbonyl (C=O) groups excluding carboxylic acids is 3. The van der Waals surface area contributed by atoms with E-state index in [-0.39, 0.29) is 0 Å². The number of ether oxygens (including phenoxy) is 3. The predicted molar refractivity (Wildman–Crippen MR) is 94.7 cm³/mol. The summed E-state index contributed by atoms with van der Waals surface area (Å²) in [6.07, 6.45) is 0.293. The molecule has 2 rings (SSSR count). The van der Waals surface area contributed by atoms with Gasteiger partial charge in [-0.15, -0.1) is 0 Å². The van der Waals surface area contributed by atoms with Crippen LogP contribution in [0.3, 0.4) is 0 Å². The van der Waals surface area contributed by atoms with Crippen LogP contribution in [0.5, 0.6) is 0 Å². The Morgan fingerprint density at radius 3 is 2.48 bits per heavy atom. The van der Waals surface area contributed by atoms with Crippen LogP contribution in [0, 0.1) is 0 Å². The van der Waals surface area contributed by atoms with E-state index in [1.807, 2.05) is 30.3 Å². The van der Waals surface area contributed by atoms with E-state index in [1.54, 1.807) is 0 Å². The van der Waals surface area contributed by atoms with Gasteiger partial charge in [-0.25, -0.2) is 9.59 Å². The van der Waals surface area contributed by atoms with Crippen LogP contribution in [0.2, 0.25) is 0 Å². The second-order valence-corrected chi connectivity index (χ2v) is 6.34. The number of benzene rings is 1. The van der Waals surface area contributed by atoms with Crippen LogP contribution in [0.1, 0.15) is 37.7 Å². The van der Waals surface area contributed by atoms with Crippen molar-refractivity contribution in [2.24, 2.45) is 0 Å². The molecule has 0 radical (unpaired) electrons. The lowest BCUT2D eigenvalue weighted by Gasteiger charge is -2.38. The smallest absolute Gasteiger partial charge is 0.412 e. The van der Waals surface area contributed by atoms with Crippen molar-refractivity contribution < 1.29 is 33.7 Å². The summed E-state index contributed by atoms with van der Waals surface area (Å²) >= 11 is 0. The third-order valence-corrected chi connectivity index (χ3v) is 4.51. The van der Waals surface area contributed by atoms with Crippen molar-refractivity contribution >= 4 is 18.0 Å². The molecule has 1 aromatic rings. The summed E-state index contributed by atoms with van der Waals surface area (Å²) in [5.41, 5.74) is 0.759. The number of aliphatic hydroxyl groups is 1. The van der Waals surface area contributed by atoms with Crippen LogP contribution in [0.4, 0.5) is 4.79 Å². The SMILES string of the molecule is COC(=O)C(c1ccccc1)C1CCCCN1C(=O)OCOC(=O)C(C)O. The highest BCUT2D eigenvalue weighted by atomic mass is 16.7. The van der Waals surface area contributed by atoms with Gasteiger partial charge in [0.25, 0.3) is 0 Å². The Hall–Kier alpha value is -2.61. The molecular weight excluding hydrogens is 354 g/mol. The molecule has 0 bridgehead atoms. The van der Waals surface area contributed by atoms with Gasteiger partial charge in [-0.1, -0.05) is 30.3 Å². The van der Waals surface area contributed by atoms with Crippen molar-refractivity contribution in [1.29, 1.82) is 0 Å². The first-order chi connectivity index (χ1) is 13.0. The molecule has 8 nitrogen and oxygen atoms in total. The van der Waals surface area contributed by atoms with Crippen molar-refractivity contribution in [3.63, 3.8) is 0 Å². The Bertz CT molecular complexity index is 647. The topological polar surface area (TPSA) is 102 Å². The highest BCUT2D eigenvalue weighted by molar-refractivity contribution is 5.80. The van der Waals surface area contributed by atoms with E-state index < -0.39 is 42.9 Å². The summed E-state index contributed by atoms with van der Waals surface area (Å²) in [4.78, 5) is 37.7. The average Bonchev–Trinajstić information content (AvgIpc) is 2.69. The van der Waals surface area contributed by atoms with Crippen LogP contribution in [-0.2, 0) is 23.8 Å². The van der Waals surface area contributed by atoms with E-state index in [1.165, 1.54) is 18.9 Å². The number of esters is 2. The summed E-state index contributed by atoms with van der Waals surface area (Å²) in [6, 6.07) is 8.72. The normalized spacial score (nSPS) is 18.9. The summed E-state index contributed by atoms with van der Waals surface area (Å²) in [5.74, 6) is -1.94. The molecule has 1 amide bonds. The highest BCUT2D eigenvalue weighted by Gasteiger charge is 2.39. The minimum atomic E-state index is -1.30. The number of nitrogens with zero attached hydrogens (tertiary/aromatic N) is 1. The Morgan fingerprint density at radius 2 is 1.85 bits per heavy atom. The molecule has 3 atom stereocenters. The highest BCUT2D eigenvalue weighted by Crippen LogP contribution is 2.32. The molecule has 0 aromatic heterocycles. The standard InChI is InChI=1S/C19H25NO7/c1-13(21)17(22)26-12-27-19(24)20-11-7-6-10-15(20)16(18(23)25-2)14-8-4-3-5-9-14/h3-5,8-9,13,15-16,21H,6-7,10-12H2,1-2H3. The zero-order valence-corrected chi connectivity index (χ0v) is 15.5. The van der Waals surface area contributed by atoms with Gasteiger partial charge in [0.2, 0.25) is 6.79 Å². The minimum Gasteiger partial charge on any atom is -0.468 e. The number of likely N-dealkylation sites (tertiary alicyclic amines) is 1. The number of aliphatic hydroxyl groups excluding tert-OH is 1. The molecule has 0 spiro atoms.